The summed E-state index contributed by atoms with van der Waals surface area (Å²) in [7, 11) is 0. The van der Waals surface area contributed by atoms with Gasteiger partial charge >= 0.3 is 0 Å². The lowest BCUT2D eigenvalue weighted by Crippen LogP contribution is -2.28. The Hall–Kier alpha value is -2.18. The maximum Gasteiger partial charge on any atom is 0.261 e. The Morgan fingerprint density at radius 2 is 2.12 bits per heavy atom. The molecule has 7 heteroatoms. The van der Waals surface area contributed by atoms with Gasteiger partial charge in [-0.3, -0.25) is 4.79 Å². The Morgan fingerprint density at radius 3 is 2.88 bits per heavy atom. The van der Waals surface area contributed by atoms with Gasteiger partial charge < -0.3 is 10.6 Å². The SMILES string of the molecule is O=C(NCCNc1nc(C2CC2)nc2cc(Cl)ccc12)c1cccs1. The summed E-state index contributed by atoms with van der Waals surface area (Å²) in [5.41, 5.74) is 0.856. The number of nitrogens with one attached hydrogen (secondary N) is 2. The van der Waals surface area contributed by atoms with Crippen LogP contribution in [0.25, 0.3) is 10.9 Å². The molecule has 5 nitrogen and oxygen atoms in total. The van der Waals surface area contributed by atoms with Gasteiger partial charge in [0.25, 0.3) is 5.91 Å². The molecule has 0 saturated heterocycles. The van der Waals surface area contributed by atoms with E-state index in [0.29, 0.717) is 24.0 Å². The number of aromatic nitrogens is 2. The van der Waals surface area contributed by atoms with Crippen LogP contribution in [-0.4, -0.2) is 29.0 Å². The number of carbonyl (C=O) groups is 1. The summed E-state index contributed by atoms with van der Waals surface area (Å²) in [6.07, 6.45) is 2.28. The first-order chi connectivity index (χ1) is 12.2. The van der Waals surface area contributed by atoms with Crippen molar-refractivity contribution in [1.29, 1.82) is 0 Å². The van der Waals surface area contributed by atoms with Gasteiger partial charge in [-0.1, -0.05) is 17.7 Å². The van der Waals surface area contributed by atoms with Crippen molar-refractivity contribution in [3.05, 3.63) is 51.4 Å². The first kappa shape index (κ1) is 16.3. The van der Waals surface area contributed by atoms with Gasteiger partial charge in [-0.05, 0) is 42.5 Å². The second-order valence-corrected chi connectivity index (χ2v) is 7.41. The van der Waals surface area contributed by atoms with Crippen LogP contribution >= 0.6 is 22.9 Å². The van der Waals surface area contributed by atoms with Crippen LogP contribution in [0.4, 0.5) is 5.82 Å². The molecule has 3 aromatic rings. The van der Waals surface area contributed by atoms with Crippen molar-refractivity contribution in [1.82, 2.24) is 15.3 Å². The maximum atomic E-state index is 11.9. The summed E-state index contributed by atoms with van der Waals surface area (Å²) >= 11 is 7.54. The van der Waals surface area contributed by atoms with E-state index in [1.807, 2.05) is 35.7 Å². The van der Waals surface area contributed by atoms with E-state index >= 15 is 0 Å². The molecular weight excluding hydrogens is 356 g/mol. The Morgan fingerprint density at radius 1 is 1.24 bits per heavy atom. The topological polar surface area (TPSA) is 66.9 Å². The molecule has 0 atom stereocenters. The molecule has 2 heterocycles. The predicted octanol–water partition coefficient (Wildman–Crippen LogP) is 4.06. The predicted molar refractivity (Wildman–Crippen MR) is 102 cm³/mol. The number of anilines is 1. The number of benzene rings is 1. The van der Waals surface area contributed by atoms with E-state index in [2.05, 4.69) is 20.6 Å². The summed E-state index contributed by atoms with van der Waals surface area (Å²) in [6, 6.07) is 9.33. The zero-order chi connectivity index (χ0) is 17.2. The normalized spacial score (nSPS) is 13.8. The summed E-state index contributed by atoms with van der Waals surface area (Å²) in [6.45, 7) is 1.12. The van der Waals surface area contributed by atoms with Crippen molar-refractivity contribution in [2.24, 2.45) is 0 Å². The van der Waals surface area contributed by atoms with Crippen molar-refractivity contribution in [2.75, 3.05) is 18.4 Å². The molecule has 1 aliphatic rings. The smallest absolute Gasteiger partial charge is 0.261 e. The largest absolute Gasteiger partial charge is 0.368 e. The van der Waals surface area contributed by atoms with Gasteiger partial charge in [-0.15, -0.1) is 11.3 Å². The summed E-state index contributed by atoms with van der Waals surface area (Å²) in [5.74, 6) is 2.09. The van der Waals surface area contributed by atoms with Crippen LogP contribution in [0.15, 0.2) is 35.7 Å². The van der Waals surface area contributed by atoms with Gasteiger partial charge in [-0.25, -0.2) is 9.97 Å². The monoisotopic (exact) mass is 372 g/mol. The van der Waals surface area contributed by atoms with Gasteiger partial charge in [0.1, 0.15) is 11.6 Å². The highest BCUT2D eigenvalue weighted by Crippen LogP contribution is 2.39. The summed E-state index contributed by atoms with van der Waals surface area (Å²) in [4.78, 5) is 22.0. The Labute approximate surface area is 154 Å². The molecule has 1 saturated carbocycles. The molecule has 0 bridgehead atoms. The fourth-order valence-electron chi connectivity index (χ4n) is 2.63. The molecule has 2 N–H and O–H groups in total. The second kappa shape index (κ2) is 6.98. The first-order valence-corrected chi connectivity index (χ1v) is 9.49. The van der Waals surface area contributed by atoms with E-state index in [9.17, 15) is 4.79 Å². The fraction of sp³-hybridized carbons (Fsp3) is 0.278. The Balaban J connectivity index is 1.46. The Bertz CT molecular complexity index is 909. The van der Waals surface area contributed by atoms with Crippen LogP contribution < -0.4 is 10.6 Å². The van der Waals surface area contributed by atoms with Crippen molar-refractivity contribution >= 4 is 45.6 Å². The van der Waals surface area contributed by atoms with E-state index in [1.54, 1.807) is 0 Å². The average molecular weight is 373 g/mol. The molecular formula is C18H17ClN4OS. The highest BCUT2D eigenvalue weighted by atomic mass is 35.5. The highest BCUT2D eigenvalue weighted by Gasteiger charge is 2.27. The van der Waals surface area contributed by atoms with Crippen LogP contribution in [0, 0.1) is 0 Å². The third-order valence-electron chi connectivity index (χ3n) is 4.07. The molecule has 25 heavy (non-hydrogen) atoms. The number of carbonyl (C=O) groups excluding carboxylic acids is 1. The molecule has 1 aromatic carbocycles. The van der Waals surface area contributed by atoms with Gasteiger partial charge in [-0.2, -0.15) is 0 Å². The van der Waals surface area contributed by atoms with E-state index in [0.717, 1.165) is 40.3 Å². The zero-order valence-electron chi connectivity index (χ0n) is 13.5. The summed E-state index contributed by atoms with van der Waals surface area (Å²) in [5, 5.41) is 9.74. The number of fused-ring (bicyclic) bond motifs is 1. The molecule has 0 unspecified atom stereocenters. The minimum atomic E-state index is -0.0465. The molecule has 1 fully saturated rings. The van der Waals surface area contributed by atoms with Gasteiger partial charge in [0.05, 0.1) is 10.4 Å². The molecule has 1 aliphatic carbocycles. The van der Waals surface area contributed by atoms with Crippen molar-refractivity contribution in [3.8, 4) is 0 Å². The van der Waals surface area contributed by atoms with E-state index < -0.39 is 0 Å². The molecule has 128 valence electrons. The van der Waals surface area contributed by atoms with Crippen LogP contribution in [-0.2, 0) is 0 Å². The number of halogens is 1. The average Bonchev–Trinajstić information content (AvgIpc) is 3.32. The number of hydrogen-bond donors (Lipinski definition) is 2. The quantitative estimate of drug-likeness (QED) is 0.640. The van der Waals surface area contributed by atoms with Gasteiger partial charge in [0.2, 0.25) is 0 Å². The van der Waals surface area contributed by atoms with E-state index in [4.69, 9.17) is 11.6 Å². The molecule has 0 spiro atoms. The lowest BCUT2D eigenvalue weighted by Gasteiger charge is -2.11. The molecule has 0 radical (unpaired) electrons. The number of hydrogen-bond acceptors (Lipinski definition) is 5. The van der Waals surface area contributed by atoms with Crippen LogP contribution in [0.5, 0.6) is 0 Å². The molecule has 0 aliphatic heterocycles. The van der Waals surface area contributed by atoms with Crippen LogP contribution in [0.2, 0.25) is 5.02 Å². The van der Waals surface area contributed by atoms with E-state index in [-0.39, 0.29) is 5.91 Å². The van der Waals surface area contributed by atoms with Gasteiger partial charge in [0, 0.05) is 29.4 Å². The third kappa shape index (κ3) is 3.75. The van der Waals surface area contributed by atoms with E-state index in [1.165, 1.54) is 11.3 Å². The summed E-state index contributed by atoms with van der Waals surface area (Å²) < 4.78 is 0. The van der Waals surface area contributed by atoms with Gasteiger partial charge in [0.15, 0.2) is 0 Å². The highest BCUT2D eigenvalue weighted by molar-refractivity contribution is 7.12. The lowest BCUT2D eigenvalue weighted by molar-refractivity contribution is 0.0959. The molecule has 4 rings (SSSR count). The first-order valence-electron chi connectivity index (χ1n) is 8.23. The number of rotatable bonds is 6. The van der Waals surface area contributed by atoms with Crippen molar-refractivity contribution in [3.63, 3.8) is 0 Å². The van der Waals surface area contributed by atoms with Crippen LogP contribution in [0.3, 0.4) is 0 Å². The number of nitrogens with zero attached hydrogens (tertiary/aromatic N) is 2. The standard InChI is InChI=1S/C18H17ClN4OS/c19-12-5-6-13-14(10-12)22-16(11-3-4-11)23-17(13)20-7-8-21-18(24)15-2-1-9-25-15/h1-2,5-6,9-11H,3-4,7-8H2,(H,21,24)(H,20,22,23). The minimum absolute atomic E-state index is 0.0465. The second-order valence-electron chi connectivity index (χ2n) is 6.03. The lowest BCUT2D eigenvalue weighted by atomic mass is 10.2. The third-order valence-corrected chi connectivity index (χ3v) is 5.17. The number of amides is 1. The number of thiophene rings is 1. The van der Waals surface area contributed by atoms with Crippen molar-refractivity contribution in [2.45, 2.75) is 18.8 Å². The molecule has 1 amide bonds. The fourth-order valence-corrected chi connectivity index (χ4v) is 3.44. The molecule has 2 aromatic heterocycles. The maximum absolute atomic E-state index is 11.9. The van der Waals surface area contributed by atoms with Crippen LogP contribution in [0.1, 0.15) is 34.3 Å². The Kier molecular flexibility index (Phi) is 4.55. The zero-order valence-corrected chi connectivity index (χ0v) is 15.0. The van der Waals surface area contributed by atoms with Crippen molar-refractivity contribution < 1.29 is 4.79 Å². The minimum Gasteiger partial charge on any atom is -0.368 e.